The van der Waals surface area contributed by atoms with Crippen LogP contribution in [0.4, 0.5) is 0 Å². The monoisotopic (exact) mass is 226 g/mol. The molecular weight excluding hydrogens is 204 g/mol. The van der Waals surface area contributed by atoms with Crippen LogP contribution in [0, 0.1) is 5.92 Å². The summed E-state index contributed by atoms with van der Waals surface area (Å²) in [6, 6.07) is 0. The topological polar surface area (TPSA) is 50.4 Å². The Kier molecular flexibility index (Phi) is 4.60. The van der Waals surface area contributed by atoms with E-state index in [9.17, 15) is 4.79 Å². The fourth-order valence-corrected chi connectivity index (χ4v) is 2.42. The predicted molar refractivity (Wildman–Crippen MR) is 62.2 cm³/mol. The Labute approximate surface area is 97.1 Å². The van der Waals surface area contributed by atoms with E-state index < -0.39 is 0 Å². The van der Waals surface area contributed by atoms with E-state index in [1.165, 1.54) is 6.42 Å². The van der Waals surface area contributed by atoms with Crippen molar-refractivity contribution in [2.24, 2.45) is 5.92 Å². The van der Waals surface area contributed by atoms with Crippen LogP contribution >= 0.6 is 0 Å². The van der Waals surface area contributed by atoms with Crippen LogP contribution in [0.25, 0.3) is 0 Å². The Morgan fingerprint density at radius 1 is 1.38 bits per heavy atom. The van der Waals surface area contributed by atoms with Gasteiger partial charge in [-0.25, -0.2) is 0 Å². The van der Waals surface area contributed by atoms with Crippen LogP contribution in [0.2, 0.25) is 0 Å². The van der Waals surface area contributed by atoms with Crippen molar-refractivity contribution >= 4 is 5.91 Å². The van der Waals surface area contributed by atoms with Gasteiger partial charge >= 0.3 is 0 Å². The minimum atomic E-state index is -0.185. The molecular formula is C12H22N2O2. The van der Waals surface area contributed by atoms with E-state index >= 15 is 0 Å². The number of ether oxygens (including phenoxy) is 1. The van der Waals surface area contributed by atoms with Crippen molar-refractivity contribution < 1.29 is 9.53 Å². The number of amides is 1. The molecule has 0 bridgehead atoms. The van der Waals surface area contributed by atoms with E-state index in [0.717, 1.165) is 57.8 Å². The van der Waals surface area contributed by atoms with Gasteiger partial charge in [0.1, 0.15) is 6.10 Å². The molecule has 92 valence electrons. The first kappa shape index (κ1) is 11.9. The van der Waals surface area contributed by atoms with Crippen LogP contribution in [0.3, 0.4) is 0 Å². The van der Waals surface area contributed by atoms with Crippen LogP contribution < -0.4 is 10.6 Å². The summed E-state index contributed by atoms with van der Waals surface area (Å²) in [5, 5.41) is 6.32. The molecule has 2 fully saturated rings. The molecule has 2 aliphatic rings. The number of hydrogen-bond donors (Lipinski definition) is 2. The Hall–Kier alpha value is -0.610. The third kappa shape index (κ3) is 3.46. The molecule has 2 rings (SSSR count). The highest BCUT2D eigenvalue weighted by molar-refractivity contribution is 5.80. The Morgan fingerprint density at radius 3 is 3.00 bits per heavy atom. The van der Waals surface area contributed by atoms with E-state index in [4.69, 9.17) is 4.74 Å². The molecule has 2 N–H and O–H groups in total. The molecule has 0 radical (unpaired) electrons. The van der Waals surface area contributed by atoms with Crippen molar-refractivity contribution in [2.75, 3.05) is 26.2 Å². The van der Waals surface area contributed by atoms with Crippen molar-refractivity contribution in [3.63, 3.8) is 0 Å². The molecule has 4 heteroatoms. The van der Waals surface area contributed by atoms with E-state index in [0.29, 0.717) is 0 Å². The molecule has 0 aliphatic carbocycles. The van der Waals surface area contributed by atoms with Gasteiger partial charge < -0.3 is 15.4 Å². The number of carbonyl (C=O) groups excluding carboxylic acids is 1. The summed E-state index contributed by atoms with van der Waals surface area (Å²) in [6.07, 6.45) is 5.25. The maximum absolute atomic E-state index is 11.7. The zero-order valence-electron chi connectivity index (χ0n) is 9.84. The Morgan fingerprint density at radius 2 is 2.31 bits per heavy atom. The smallest absolute Gasteiger partial charge is 0.249 e. The lowest BCUT2D eigenvalue weighted by Gasteiger charge is -2.21. The average molecular weight is 226 g/mol. The second-order valence-electron chi connectivity index (χ2n) is 4.79. The summed E-state index contributed by atoms with van der Waals surface area (Å²) >= 11 is 0. The molecule has 0 aromatic carbocycles. The van der Waals surface area contributed by atoms with Crippen LogP contribution in [0.5, 0.6) is 0 Å². The first-order chi connectivity index (χ1) is 7.86. The summed E-state index contributed by atoms with van der Waals surface area (Å²) in [5.74, 6) is 0.832. The molecule has 16 heavy (non-hydrogen) atoms. The largest absolute Gasteiger partial charge is 0.368 e. The second-order valence-corrected chi connectivity index (χ2v) is 4.79. The van der Waals surface area contributed by atoms with Gasteiger partial charge in [0.25, 0.3) is 0 Å². The Bertz CT molecular complexity index is 221. The fraction of sp³-hybridized carbons (Fsp3) is 0.917. The minimum Gasteiger partial charge on any atom is -0.368 e. The van der Waals surface area contributed by atoms with Crippen LogP contribution in [-0.4, -0.2) is 38.3 Å². The standard InChI is InChI=1S/C12H22N2O2/c15-12(11-3-1-2-8-16-11)14-7-5-10-4-6-13-9-10/h10-11,13H,1-9H2,(H,14,15). The van der Waals surface area contributed by atoms with Crippen LogP contribution in [-0.2, 0) is 9.53 Å². The summed E-state index contributed by atoms with van der Waals surface area (Å²) in [7, 11) is 0. The van der Waals surface area contributed by atoms with Crippen LogP contribution in [0.1, 0.15) is 32.1 Å². The molecule has 1 amide bonds. The molecule has 2 unspecified atom stereocenters. The lowest BCUT2D eigenvalue weighted by Crippen LogP contribution is -2.39. The first-order valence-corrected chi connectivity index (χ1v) is 6.46. The number of rotatable bonds is 4. The molecule has 4 nitrogen and oxygen atoms in total. The van der Waals surface area contributed by atoms with Gasteiger partial charge in [0.2, 0.25) is 5.91 Å². The third-order valence-corrected chi connectivity index (χ3v) is 3.49. The van der Waals surface area contributed by atoms with Gasteiger partial charge in [0.15, 0.2) is 0 Å². The van der Waals surface area contributed by atoms with Gasteiger partial charge in [-0.2, -0.15) is 0 Å². The van der Waals surface area contributed by atoms with Gasteiger partial charge in [0, 0.05) is 13.2 Å². The van der Waals surface area contributed by atoms with Gasteiger partial charge in [-0.1, -0.05) is 0 Å². The molecule has 2 saturated heterocycles. The highest BCUT2D eigenvalue weighted by Crippen LogP contribution is 2.13. The average Bonchev–Trinajstić information content (AvgIpc) is 2.83. The lowest BCUT2D eigenvalue weighted by molar-refractivity contribution is -0.135. The zero-order chi connectivity index (χ0) is 11.2. The third-order valence-electron chi connectivity index (χ3n) is 3.49. The lowest BCUT2D eigenvalue weighted by atomic mass is 10.0. The van der Waals surface area contributed by atoms with Crippen LogP contribution in [0.15, 0.2) is 0 Å². The normalized spacial score (nSPS) is 30.2. The van der Waals surface area contributed by atoms with Gasteiger partial charge in [-0.05, 0) is 51.1 Å². The quantitative estimate of drug-likeness (QED) is 0.741. The molecule has 2 atom stereocenters. The molecule has 2 aliphatic heterocycles. The first-order valence-electron chi connectivity index (χ1n) is 6.46. The Balaban J connectivity index is 1.59. The second kappa shape index (κ2) is 6.21. The molecule has 2 heterocycles. The molecule has 0 aromatic rings. The van der Waals surface area contributed by atoms with Crippen molar-refractivity contribution in [3.05, 3.63) is 0 Å². The molecule has 0 aromatic heterocycles. The van der Waals surface area contributed by atoms with Crippen molar-refractivity contribution in [1.82, 2.24) is 10.6 Å². The van der Waals surface area contributed by atoms with E-state index in [2.05, 4.69) is 10.6 Å². The highest BCUT2D eigenvalue weighted by Gasteiger charge is 2.22. The fourth-order valence-electron chi connectivity index (χ4n) is 2.42. The van der Waals surface area contributed by atoms with E-state index in [-0.39, 0.29) is 12.0 Å². The van der Waals surface area contributed by atoms with E-state index in [1.54, 1.807) is 0 Å². The highest BCUT2D eigenvalue weighted by atomic mass is 16.5. The minimum absolute atomic E-state index is 0.0886. The predicted octanol–water partition coefficient (Wildman–Crippen LogP) is 0.671. The molecule has 0 saturated carbocycles. The SMILES string of the molecule is O=C(NCCC1CCNC1)C1CCCCO1. The van der Waals surface area contributed by atoms with Crippen molar-refractivity contribution in [2.45, 2.75) is 38.2 Å². The van der Waals surface area contributed by atoms with Crippen molar-refractivity contribution in [1.29, 1.82) is 0 Å². The number of nitrogens with one attached hydrogen (secondary N) is 2. The summed E-state index contributed by atoms with van der Waals surface area (Å²) in [5.41, 5.74) is 0. The van der Waals surface area contributed by atoms with Gasteiger partial charge in [0.05, 0.1) is 0 Å². The molecule has 0 spiro atoms. The van der Waals surface area contributed by atoms with E-state index in [1.807, 2.05) is 0 Å². The summed E-state index contributed by atoms with van der Waals surface area (Å²) in [6.45, 7) is 3.77. The van der Waals surface area contributed by atoms with Crippen molar-refractivity contribution in [3.8, 4) is 0 Å². The maximum atomic E-state index is 11.7. The van der Waals surface area contributed by atoms with Gasteiger partial charge in [-0.15, -0.1) is 0 Å². The summed E-state index contributed by atoms with van der Waals surface area (Å²) in [4.78, 5) is 11.7. The maximum Gasteiger partial charge on any atom is 0.249 e. The summed E-state index contributed by atoms with van der Waals surface area (Å²) < 4.78 is 5.44. The number of carbonyl (C=O) groups is 1. The zero-order valence-corrected chi connectivity index (χ0v) is 9.84. The van der Waals surface area contributed by atoms with Gasteiger partial charge in [-0.3, -0.25) is 4.79 Å². The number of hydrogen-bond acceptors (Lipinski definition) is 3.